The number of rotatable bonds is 8. The number of nitrogens with one attached hydrogen (secondary N) is 1. The molecule has 0 fully saturated rings. The first-order valence-electron chi connectivity index (χ1n) is 6.81. The lowest BCUT2D eigenvalue weighted by Gasteiger charge is -2.01. The number of para-hydroxylation sites is 1. The highest BCUT2D eigenvalue weighted by molar-refractivity contribution is 7.18. The molecule has 0 bridgehead atoms. The molecule has 0 aliphatic heterocycles. The smallest absolute Gasteiger partial charge is 0.280 e. The molecule has 0 saturated heterocycles. The predicted molar refractivity (Wildman–Crippen MR) is 88.0 cm³/mol. The van der Waals surface area contributed by atoms with Crippen LogP contribution < -0.4 is 11.1 Å². The lowest BCUT2D eigenvalue weighted by molar-refractivity contribution is -0.385. The summed E-state index contributed by atoms with van der Waals surface area (Å²) in [5.74, 6) is -0.440. The number of hydrogen-bond donors (Lipinski definition) is 2. The van der Waals surface area contributed by atoms with Crippen LogP contribution in [0.25, 0.3) is 0 Å². The van der Waals surface area contributed by atoms with Crippen molar-refractivity contribution in [2.75, 3.05) is 31.3 Å². The van der Waals surface area contributed by atoms with Crippen molar-refractivity contribution in [3.05, 3.63) is 44.8 Å². The van der Waals surface area contributed by atoms with Crippen LogP contribution in [-0.2, 0) is 4.74 Å². The highest BCUT2D eigenvalue weighted by Gasteiger charge is 2.24. The van der Waals surface area contributed by atoms with Crippen LogP contribution in [0, 0.1) is 10.1 Å². The molecule has 2 rings (SSSR count). The Hall–Kier alpha value is -2.52. The van der Waals surface area contributed by atoms with E-state index < -0.39 is 10.7 Å². The minimum Gasteiger partial charge on any atom is -0.385 e. The first-order valence-corrected chi connectivity index (χ1v) is 7.63. The van der Waals surface area contributed by atoms with Crippen LogP contribution in [0.4, 0.5) is 16.6 Å². The number of nitrogen functional groups attached to an aromatic ring is 1. The maximum atomic E-state index is 12.5. The van der Waals surface area contributed by atoms with E-state index in [0.717, 1.165) is 17.8 Å². The molecular formula is C14H16N4O4S. The predicted octanol–water partition coefficient (Wildman–Crippen LogP) is 2.31. The third kappa shape index (κ3) is 4.02. The van der Waals surface area contributed by atoms with Crippen molar-refractivity contribution in [1.82, 2.24) is 4.98 Å². The molecule has 0 radical (unpaired) electrons. The normalized spacial score (nSPS) is 10.5. The minimum atomic E-state index is -0.589. The van der Waals surface area contributed by atoms with E-state index in [2.05, 4.69) is 10.3 Å². The van der Waals surface area contributed by atoms with Crippen LogP contribution in [0.15, 0.2) is 24.3 Å². The third-order valence-electron chi connectivity index (χ3n) is 3.01. The zero-order valence-electron chi connectivity index (χ0n) is 12.4. The number of nitro groups is 1. The fourth-order valence-corrected chi connectivity index (χ4v) is 2.79. The van der Waals surface area contributed by atoms with Gasteiger partial charge in [0.25, 0.3) is 5.69 Å². The summed E-state index contributed by atoms with van der Waals surface area (Å²) in [6.45, 7) is 1.23. The first kappa shape index (κ1) is 16.8. The van der Waals surface area contributed by atoms with Crippen molar-refractivity contribution >= 4 is 33.8 Å². The summed E-state index contributed by atoms with van der Waals surface area (Å²) < 4.78 is 4.94. The Morgan fingerprint density at radius 1 is 1.48 bits per heavy atom. The van der Waals surface area contributed by atoms with Crippen LogP contribution in [0.1, 0.15) is 21.7 Å². The van der Waals surface area contributed by atoms with Gasteiger partial charge >= 0.3 is 0 Å². The summed E-state index contributed by atoms with van der Waals surface area (Å²) in [7, 11) is 1.62. The van der Waals surface area contributed by atoms with Gasteiger partial charge in [0, 0.05) is 26.3 Å². The zero-order valence-corrected chi connectivity index (χ0v) is 13.3. The highest BCUT2D eigenvalue weighted by atomic mass is 32.1. The summed E-state index contributed by atoms with van der Waals surface area (Å²) in [4.78, 5) is 27.2. The molecule has 1 aromatic heterocycles. The van der Waals surface area contributed by atoms with Crippen molar-refractivity contribution in [1.29, 1.82) is 0 Å². The molecule has 3 N–H and O–H groups in total. The largest absolute Gasteiger partial charge is 0.385 e. The molecule has 0 aliphatic carbocycles. The summed E-state index contributed by atoms with van der Waals surface area (Å²) in [6, 6.07) is 5.77. The Morgan fingerprint density at radius 3 is 2.91 bits per heavy atom. The molecule has 122 valence electrons. The summed E-state index contributed by atoms with van der Waals surface area (Å²) in [5, 5.41) is 14.6. The Kier molecular flexibility index (Phi) is 5.61. The third-order valence-corrected chi connectivity index (χ3v) is 4.03. The number of hydrogen-bond acceptors (Lipinski definition) is 8. The van der Waals surface area contributed by atoms with Crippen LogP contribution in [0.2, 0.25) is 0 Å². The van der Waals surface area contributed by atoms with Gasteiger partial charge in [0.05, 0.1) is 4.92 Å². The maximum Gasteiger partial charge on any atom is 0.280 e. The number of anilines is 2. The summed E-state index contributed by atoms with van der Waals surface area (Å²) >= 11 is 1.08. The average molecular weight is 336 g/mol. The molecule has 1 aromatic carbocycles. The van der Waals surface area contributed by atoms with Crippen LogP contribution in [-0.4, -0.2) is 36.0 Å². The lowest BCUT2D eigenvalue weighted by Crippen LogP contribution is -2.06. The Morgan fingerprint density at radius 2 is 2.22 bits per heavy atom. The fraction of sp³-hybridized carbons (Fsp3) is 0.286. The molecule has 8 nitrogen and oxygen atoms in total. The molecule has 0 atom stereocenters. The van der Waals surface area contributed by atoms with E-state index in [0.29, 0.717) is 18.3 Å². The van der Waals surface area contributed by atoms with Gasteiger partial charge < -0.3 is 15.8 Å². The second-order valence-electron chi connectivity index (χ2n) is 4.61. The van der Waals surface area contributed by atoms with Crippen LogP contribution >= 0.6 is 11.3 Å². The molecule has 0 saturated carbocycles. The van der Waals surface area contributed by atoms with Crippen molar-refractivity contribution in [2.24, 2.45) is 0 Å². The second-order valence-corrected chi connectivity index (χ2v) is 5.61. The lowest BCUT2D eigenvalue weighted by atomic mass is 10.1. The number of ether oxygens (including phenoxy) is 1. The standard InChI is InChI=1S/C14H16N4O4S/c1-22-8-4-7-16-14-17-13(15)12(23-14)11(19)9-5-2-3-6-10(9)18(20)21/h2-3,5-6H,4,7-8,15H2,1H3,(H,16,17). The van der Waals surface area contributed by atoms with Gasteiger partial charge in [0.15, 0.2) is 5.13 Å². The van der Waals surface area contributed by atoms with E-state index in [1.165, 1.54) is 18.2 Å². The molecule has 23 heavy (non-hydrogen) atoms. The van der Waals surface area contributed by atoms with Gasteiger partial charge in [-0.3, -0.25) is 14.9 Å². The second kappa shape index (κ2) is 7.65. The van der Waals surface area contributed by atoms with Crippen molar-refractivity contribution in [2.45, 2.75) is 6.42 Å². The van der Waals surface area contributed by atoms with E-state index in [-0.39, 0.29) is 21.9 Å². The van der Waals surface area contributed by atoms with Crippen molar-refractivity contribution in [3.8, 4) is 0 Å². The van der Waals surface area contributed by atoms with E-state index in [1.54, 1.807) is 13.2 Å². The first-order chi connectivity index (χ1) is 11.0. The highest BCUT2D eigenvalue weighted by Crippen LogP contribution is 2.30. The number of benzene rings is 1. The Balaban J connectivity index is 2.20. The molecule has 1 heterocycles. The van der Waals surface area contributed by atoms with Crippen LogP contribution in [0.3, 0.4) is 0 Å². The van der Waals surface area contributed by atoms with Gasteiger partial charge in [0.1, 0.15) is 16.3 Å². The number of methoxy groups -OCH3 is 1. The number of nitrogens with zero attached hydrogens (tertiary/aromatic N) is 2. The molecule has 0 unspecified atom stereocenters. The Bertz CT molecular complexity index is 717. The number of nitro benzene ring substituents is 1. The Labute approximate surface area is 136 Å². The molecular weight excluding hydrogens is 320 g/mol. The minimum absolute atomic E-state index is 0.00113. The topological polar surface area (TPSA) is 120 Å². The molecule has 9 heteroatoms. The van der Waals surface area contributed by atoms with Gasteiger partial charge in [-0.05, 0) is 12.5 Å². The molecule has 0 spiro atoms. The summed E-state index contributed by atoms with van der Waals surface area (Å²) in [5.41, 5.74) is 5.53. The van der Waals surface area contributed by atoms with E-state index in [9.17, 15) is 14.9 Å². The fourth-order valence-electron chi connectivity index (χ4n) is 1.93. The van der Waals surface area contributed by atoms with E-state index >= 15 is 0 Å². The number of thiazole rings is 1. The van der Waals surface area contributed by atoms with E-state index in [1.807, 2.05) is 0 Å². The van der Waals surface area contributed by atoms with Gasteiger partial charge in [-0.25, -0.2) is 4.98 Å². The summed E-state index contributed by atoms with van der Waals surface area (Å²) in [6.07, 6.45) is 0.781. The van der Waals surface area contributed by atoms with Gasteiger partial charge in [0.2, 0.25) is 5.78 Å². The quantitative estimate of drug-likeness (QED) is 0.328. The van der Waals surface area contributed by atoms with E-state index in [4.69, 9.17) is 10.5 Å². The van der Waals surface area contributed by atoms with Gasteiger partial charge in [-0.1, -0.05) is 23.5 Å². The number of aromatic nitrogens is 1. The maximum absolute atomic E-state index is 12.5. The number of carbonyl (C=O) groups excluding carboxylic acids is 1. The number of carbonyl (C=O) groups is 1. The van der Waals surface area contributed by atoms with Gasteiger partial charge in [-0.15, -0.1) is 0 Å². The monoisotopic (exact) mass is 336 g/mol. The molecule has 2 aromatic rings. The SMILES string of the molecule is COCCCNc1nc(N)c(C(=O)c2ccccc2[N+](=O)[O-])s1. The van der Waals surface area contributed by atoms with Gasteiger partial charge in [-0.2, -0.15) is 0 Å². The molecule has 0 aliphatic rings. The average Bonchev–Trinajstić information content (AvgIpc) is 2.91. The number of ketones is 1. The number of nitrogens with two attached hydrogens (primary N) is 1. The van der Waals surface area contributed by atoms with Crippen molar-refractivity contribution < 1.29 is 14.5 Å². The molecule has 0 amide bonds. The van der Waals surface area contributed by atoms with Crippen molar-refractivity contribution in [3.63, 3.8) is 0 Å². The zero-order chi connectivity index (χ0) is 16.8. The van der Waals surface area contributed by atoms with Crippen LogP contribution in [0.5, 0.6) is 0 Å².